The van der Waals surface area contributed by atoms with Gasteiger partial charge in [-0.15, -0.1) is 0 Å². The van der Waals surface area contributed by atoms with Crippen molar-refractivity contribution in [2.45, 2.75) is 13.5 Å². The first kappa shape index (κ1) is 13.1. The van der Waals surface area contributed by atoms with Gasteiger partial charge in [-0.05, 0) is 24.6 Å². The molecule has 4 nitrogen and oxygen atoms in total. The Morgan fingerprint density at radius 2 is 1.94 bits per heavy atom. The predicted molar refractivity (Wildman–Crippen MR) is 68.5 cm³/mol. The molecule has 0 amide bonds. The highest BCUT2D eigenvalue weighted by atomic mass is 16.5. The molecule has 92 valence electrons. The van der Waals surface area contributed by atoms with E-state index in [0.29, 0.717) is 5.70 Å². The summed E-state index contributed by atoms with van der Waals surface area (Å²) in [6, 6.07) is 7.82. The third kappa shape index (κ3) is 4.59. The van der Waals surface area contributed by atoms with E-state index in [9.17, 15) is 4.79 Å². The number of carbonyl (C=O) groups is 1. The predicted octanol–water partition coefficient (Wildman–Crippen LogP) is 1.66. The summed E-state index contributed by atoms with van der Waals surface area (Å²) >= 11 is 0. The van der Waals surface area contributed by atoms with Crippen LogP contribution < -0.4 is 10.6 Å². The molecule has 2 N–H and O–H groups in total. The third-order valence-corrected chi connectivity index (χ3v) is 2.18. The molecule has 1 aromatic rings. The number of nitrogens with zero attached hydrogens (tertiary/aromatic N) is 1. The Labute approximate surface area is 102 Å². The van der Waals surface area contributed by atoms with Crippen molar-refractivity contribution < 1.29 is 9.53 Å². The lowest BCUT2D eigenvalue weighted by Crippen LogP contribution is -2.08. The number of allylic oxidation sites excluding steroid dienone is 1. The van der Waals surface area contributed by atoms with Crippen LogP contribution in [0.2, 0.25) is 0 Å². The topological polar surface area (TPSA) is 55.6 Å². The number of ether oxygens (including phenoxy) is 1. The standard InChI is InChI=1S/C13H18N2O2/c1-10(14)8-13(16)17-9-11-4-6-12(7-5-11)15(2)3/h4-8H,9,14H2,1-3H3/b10-8-. The molecule has 0 fully saturated rings. The lowest BCUT2D eigenvalue weighted by atomic mass is 10.2. The van der Waals surface area contributed by atoms with Gasteiger partial charge in [0.25, 0.3) is 0 Å². The van der Waals surface area contributed by atoms with Crippen molar-refractivity contribution in [3.8, 4) is 0 Å². The molecule has 0 aliphatic heterocycles. The van der Waals surface area contributed by atoms with Crippen LogP contribution in [0, 0.1) is 0 Å². The summed E-state index contributed by atoms with van der Waals surface area (Å²) in [5, 5.41) is 0. The Morgan fingerprint density at radius 1 is 1.35 bits per heavy atom. The quantitative estimate of drug-likeness (QED) is 0.636. The van der Waals surface area contributed by atoms with Gasteiger partial charge in [-0.2, -0.15) is 0 Å². The monoisotopic (exact) mass is 234 g/mol. The van der Waals surface area contributed by atoms with E-state index in [1.807, 2.05) is 43.3 Å². The van der Waals surface area contributed by atoms with Gasteiger partial charge < -0.3 is 15.4 Å². The molecule has 0 bridgehead atoms. The number of esters is 1. The summed E-state index contributed by atoms with van der Waals surface area (Å²) in [4.78, 5) is 13.2. The highest BCUT2D eigenvalue weighted by Gasteiger charge is 2.00. The second-order valence-electron chi connectivity index (χ2n) is 4.06. The Morgan fingerprint density at radius 3 is 2.41 bits per heavy atom. The van der Waals surface area contributed by atoms with Crippen molar-refractivity contribution in [2.24, 2.45) is 5.73 Å². The minimum atomic E-state index is -0.415. The van der Waals surface area contributed by atoms with Gasteiger partial charge in [0.05, 0.1) is 0 Å². The Hall–Kier alpha value is -1.97. The van der Waals surface area contributed by atoms with Crippen LogP contribution in [0.4, 0.5) is 5.69 Å². The largest absolute Gasteiger partial charge is 0.458 e. The lowest BCUT2D eigenvalue weighted by Gasteiger charge is -2.12. The van der Waals surface area contributed by atoms with Crippen molar-refractivity contribution in [3.05, 3.63) is 41.6 Å². The molecule has 0 aromatic heterocycles. The van der Waals surface area contributed by atoms with Gasteiger partial charge in [-0.3, -0.25) is 0 Å². The van der Waals surface area contributed by atoms with E-state index in [-0.39, 0.29) is 6.61 Å². The molecule has 0 spiro atoms. The Balaban J connectivity index is 2.53. The summed E-state index contributed by atoms with van der Waals surface area (Å²) in [6.07, 6.45) is 1.27. The number of anilines is 1. The summed E-state index contributed by atoms with van der Waals surface area (Å²) in [5.41, 5.74) is 7.87. The van der Waals surface area contributed by atoms with Crippen LogP contribution in [0.3, 0.4) is 0 Å². The van der Waals surface area contributed by atoms with Crippen LogP contribution in [0.15, 0.2) is 36.0 Å². The fourth-order valence-electron chi connectivity index (χ4n) is 1.27. The fourth-order valence-corrected chi connectivity index (χ4v) is 1.27. The molecule has 4 heteroatoms. The second-order valence-corrected chi connectivity index (χ2v) is 4.06. The van der Waals surface area contributed by atoms with E-state index in [0.717, 1.165) is 11.3 Å². The number of hydrogen-bond donors (Lipinski definition) is 1. The number of carbonyl (C=O) groups excluding carboxylic acids is 1. The molecule has 0 unspecified atom stereocenters. The van der Waals surface area contributed by atoms with E-state index in [4.69, 9.17) is 10.5 Å². The van der Waals surface area contributed by atoms with Gasteiger partial charge in [0.2, 0.25) is 0 Å². The number of benzene rings is 1. The highest BCUT2D eigenvalue weighted by molar-refractivity contribution is 5.82. The Bertz CT molecular complexity index is 404. The van der Waals surface area contributed by atoms with Crippen LogP contribution in [0.25, 0.3) is 0 Å². The van der Waals surface area contributed by atoms with Crippen molar-refractivity contribution in [3.63, 3.8) is 0 Å². The molecule has 0 aliphatic carbocycles. The maximum Gasteiger partial charge on any atom is 0.332 e. The number of nitrogens with two attached hydrogens (primary N) is 1. The van der Waals surface area contributed by atoms with Gasteiger partial charge in [0.1, 0.15) is 6.61 Å². The normalized spacial score (nSPS) is 11.1. The molecule has 17 heavy (non-hydrogen) atoms. The molecule has 0 aliphatic rings. The maximum absolute atomic E-state index is 11.2. The molecule has 0 saturated heterocycles. The van der Waals surface area contributed by atoms with Crippen molar-refractivity contribution >= 4 is 11.7 Å². The summed E-state index contributed by atoms with van der Waals surface area (Å²) in [6.45, 7) is 1.91. The highest BCUT2D eigenvalue weighted by Crippen LogP contribution is 2.12. The van der Waals surface area contributed by atoms with Gasteiger partial charge in [0, 0.05) is 31.6 Å². The average Bonchev–Trinajstić information content (AvgIpc) is 2.26. The van der Waals surface area contributed by atoms with E-state index in [1.54, 1.807) is 6.92 Å². The number of rotatable bonds is 4. The smallest absolute Gasteiger partial charge is 0.332 e. The zero-order chi connectivity index (χ0) is 12.8. The van der Waals surface area contributed by atoms with Crippen LogP contribution in [0.5, 0.6) is 0 Å². The molecule has 0 saturated carbocycles. The third-order valence-electron chi connectivity index (χ3n) is 2.18. The molecule has 1 aromatic carbocycles. The fraction of sp³-hybridized carbons (Fsp3) is 0.308. The minimum Gasteiger partial charge on any atom is -0.458 e. The maximum atomic E-state index is 11.2. The molecule has 0 radical (unpaired) electrons. The molecule has 1 rings (SSSR count). The van der Waals surface area contributed by atoms with Gasteiger partial charge >= 0.3 is 5.97 Å². The minimum absolute atomic E-state index is 0.260. The second kappa shape index (κ2) is 5.94. The average molecular weight is 234 g/mol. The van der Waals surface area contributed by atoms with Gasteiger partial charge in [0.15, 0.2) is 0 Å². The van der Waals surface area contributed by atoms with Crippen LogP contribution >= 0.6 is 0 Å². The van der Waals surface area contributed by atoms with Crippen molar-refractivity contribution in [1.29, 1.82) is 0 Å². The summed E-state index contributed by atoms with van der Waals surface area (Å²) in [5.74, 6) is -0.415. The van der Waals surface area contributed by atoms with Crippen molar-refractivity contribution in [2.75, 3.05) is 19.0 Å². The molecule has 0 heterocycles. The SMILES string of the molecule is C/C(N)=C/C(=O)OCc1ccc(N(C)C)cc1. The first-order valence-corrected chi connectivity index (χ1v) is 5.36. The molecular formula is C13H18N2O2. The molecule has 0 atom stereocenters. The first-order chi connectivity index (χ1) is 7.99. The summed E-state index contributed by atoms with van der Waals surface area (Å²) < 4.78 is 5.03. The molecular weight excluding hydrogens is 216 g/mol. The van der Waals surface area contributed by atoms with E-state index in [2.05, 4.69) is 0 Å². The zero-order valence-corrected chi connectivity index (χ0v) is 10.4. The zero-order valence-electron chi connectivity index (χ0n) is 10.4. The lowest BCUT2D eigenvalue weighted by molar-refractivity contribution is -0.139. The van der Waals surface area contributed by atoms with Gasteiger partial charge in [-0.25, -0.2) is 4.79 Å². The van der Waals surface area contributed by atoms with Gasteiger partial charge in [-0.1, -0.05) is 12.1 Å². The summed E-state index contributed by atoms with van der Waals surface area (Å²) in [7, 11) is 3.95. The van der Waals surface area contributed by atoms with Crippen LogP contribution in [-0.2, 0) is 16.1 Å². The van der Waals surface area contributed by atoms with Crippen LogP contribution in [-0.4, -0.2) is 20.1 Å². The first-order valence-electron chi connectivity index (χ1n) is 5.36. The van der Waals surface area contributed by atoms with Crippen molar-refractivity contribution in [1.82, 2.24) is 0 Å². The van der Waals surface area contributed by atoms with E-state index >= 15 is 0 Å². The number of hydrogen-bond acceptors (Lipinski definition) is 4. The Kier molecular flexibility index (Phi) is 4.57. The van der Waals surface area contributed by atoms with Crippen LogP contribution in [0.1, 0.15) is 12.5 Å². The van der Waals surface area contributed by atoms with E-state index in [1.165, 1.54) is 6.08 Å². The van der Waals surface area contributed by atoms with E-state index < -0.39 is 5.97 Å².